The number of likely N-dealkylation sites (tertiary alicyclic amines) is 1. The molecule has 0 aromatic heterocycles. The third-order valence-electron chi connectivity index (χ3n) is 4.83. The van der Waals surface area contributed by atoms with E-state index in [4.69, 9.17) is 5.26 Å². The molecule has 1 heterocycles. The van der Waals surface area contributed by atoms with E-state index in [0.29, 0.717) is 12.5 Å². The van der Waals surface area contributed by atoms with Gasteiger partial charge in [0, 0.05) is 13.1 Å². The maximum atomic E-state index is 12.0. The van der Waals surface area contributed by atoms with Crippen LogP contribution in [-0.4, -0.2) is 37.5 Å². The molecule has 0 radical (unpaired) electrons. The Bertz CT molecular complexity index is 393. The van der Waals surface area contributed by atoms with Crippen molar-refractivity contribution in [3.63, 3.8) is 0 Å². The van der Waals surface area contributed by atoms with E-state index >= 15 is 0 Å². The number of rotatable bonds is 4. The lowest BCUT2D eigenvalue weighted by Gasteiger charge is -2.40. The fourth-order valence-corrected chi connectivity index (χ4v) is 2.94. The average Bonchev–Trinajstić information content (AvgIpc) is 3.17. The average molecular weight is 263 g/mol. The summed E-state index contributed by atoms with van der Waals surface area (Å²) < 4.78 is 0. The summed E-state index contributed by atoms with van der Waals surface area (Å²) in [5, 5.41) is 12.0. The normalized spacial score (nSPS) is 26.5. The van der Waals surface area contributed by atoms with Crippen molar-refractivity contribution >= 4 is 5.91 Å². The Kier molecular flexibility index (Phi) is 3.87. The van der Waals surface area contributed by atoms with Crippen LogP contribution in [0.15, 0.2) is 0 Å². The maximum absolute atomic E-state index is 12.0. The second-order valence-corrected chi connectivity index (χ2v) is 6.97. The van der Waals surface area contributed by atoms with Gasteiger partial charge in [0.25, 0.3) is 0 Å². The van der Waals surface area contributed by atoms with Crippen molar-refractivity contribution in [3.05, 3.63) is 0 Å². The van der Waals surface area contributed by atoms with Gasteiger partial charge in [0.05, 0.1) is 6.07 Å². The Balaban J connectivity index is 1.87. The summed E-state index contributed by atoms with van der Waals surface area (Å²) in [5.74, 6) is 0.552. The first-order chi connectivity index (χ1) is 8.89. The van der Waals surface area contributed by atoms with Crippen LogP contribution in [0, 0.1) is 28.1 Å². The second-order valence-electron chi connectivity index (χ2n) is 6.97. The summed E-state index contributed by atoms with van der Waals surface area (Å²) in [6.45, 7) is 7.41. The Hall–Kier alpha value is -1.08. The van der Waals surface area contributed by atoms with Crippen molar-refractivity contribution in [3.8, 4) is 6.07 Å². The van der Waals surface area contributed by atoms with Crippen molar-refractivity contribution in [2.75, 3.05) is 26.7 Å². The van der Waals surface area contributed by atoms with Crippen molar-refractivity contribution < 1.29 is 4.79 Å². The van der Waals surface area contributed by atoms with Gasteiger partial charge in [0.15, 0.2) is 0 Å². The lowest BCUT2D eigenvalue weighted by molar-refractivity contribution is -0.125. The molecule has 0 aromatic carbocycles. The number of amides is 1. The predicted molar refractivity (Wildman–Crippen MR) is 74.3 cm³/mol. The van der Waals surface area contributed by atoms with Gasteiger partial charge in [-0.2, -0.15) is 5.26 Å². The zero-order valence-electron chi connectivity index (χ0n) is 12.3. The van der Waals surface area contributed by atoms with Gasteiger partial charge < -0.3 is 10.2 Å². The van der Waals surface area contributed by atoms with E-state index in [1.807, 2.05) is 0 Å². The summed E-state index contributed by atoms with van der Waals surface area (Å²) in [7, 11) is 2.16. The van der Waals surface area contributed by atoms with Crippen LogP contribution in [0.1, 0.15) is 39.5 Å². The van der Waals surface area contributed by atoms with Crippen LogP contribution in [0.5, 0.6) is 0 Å². The number of nitrogens with one attached hydrogen (secondary N) is 1. The highest BCUT2D eigenvalue weighted by Gasteiger charge is 2.50. The minimum atomic E-state index is -0.695. The topological polar surface area (TPSA) is 56.1 Å². The minimum Gasteiger partial charge on any atom is -0.354 e. The van der Waals surface area contributed by atoms with E-state index in [2.05, 4.69) is 37.2 Å². The molecule has 1 saturated heterocycles. The molecule has 106 valence electrons. The molecular formula is C15H25N3O. The number of carbonyl (C=O) groups excluding carboxylic acids is 1. The van der Waals surface area contributed by atoms with Gasteiger partial charge in [0.1, 0.15) is 5.41 Å². The lowest BCUT2D eigenvalue weighted by atomic mass is 9.74. The van der Waals surface area contributed by atoms with Gasteiger partial charge >= 0.3 is 0 Å². The summed E-state index contributed by atoms with van der Waals surface area (Å²) in [6, 6.07) is 2.15. The highest BCUT2D eigenvalue weighted by atomic mass is 16.2. The van der Waals surface area contributed by atoms with Crippen LogP contribution in [0.25, 0.3) is 0 Å². The van der Waals surface area contributed by atoms with E-state index in [1.54, 1.807) is 0 Å². The number of nitriles is 1. The molecule has 4 heteroatoms. The summed E-state index contributed by atoms with van der Waals surface area (Å²) >= 11 is 0. The summed E-state index contributed by atoms with van der Waals surface area (Å²) in [6.07, 6.45) is 3.92. The minimum absolute atomic E-state index is 0.0627. The Morgan fingerprint density at radius 3 is 2.74 bits per heavy atom. The summed E-state index contributed by atoms with van der Waals surface area (Å²) in [5.41, 5.74) is -0.602. The number of hydrogen-bond donors (Lipinski definition) is 1. The highest BCUT2D eigenvalue weighted by molar-refractivity contribution is 5.88. The molecular weight excluding hydrogens is 238 g/mol. The molecule has 1 amide bonds. The zero-order valence-corrected chi connectivity index (χ0v) is 12.3. The van der Waals surface area contributed by atoms with Crippen LogP contribution in [-0.2, 0) is 4.79 Å². The van der Waals surface area contributed by atoms with E-state index in [-0.39, 0.29) is 11.3 Å². The molecule has 0 spiro atoms. The number of nitrogens with zero attached hydrogens (tertiary/aromatic N) is 2. The quantitative estimate of drug-likeness (QED) is 0.841. The monoisotopic (exact) mass is 263 g/mol. The number of piperidine rings is 1. The lowest BCUT2D eigenvalue weighted by Crippen LogP contribution is -2.46. The largest absolute Gasteiger partial charge is 0.354 e. The van der Waals surface area contributed by atoms with E-state index in [0.717, 1.165) is 19.4 Å². The molecule has 1 unspecified atom stereocenters. The SMILES string of the molecule is CN1CCCC(C(C)(C)CNC(=O)C2(C#N)CC2)C1. The predicted octanol–water partition coefficient (Wildman–Crippen LogP) is 1.77. The van der Waals surface area contributed by atoms with E-state index < -0.39 is 5.41 Å². The zero-order chi connectivity index (χ0) is 14.1. The van der Waals surface area contributed by atoms with Gasteiger partial charge in [-0.05, 0) is 50.6 Å². The first-order valence-corrected chi connectivity index (χ1v) is 7.28. The standard InChI is InChI=1S/C15H25N3O/c1-14(2,12-5-4-8-18(3)9-12)11-17-13(19)15(10-16)6-7-15/h12H,4-9,11H2,1-3H3,(H,17,19). The molecule has 0 bridgehead atoms. The Morgan fingerprint density at radius 2 is 2.21 bits per heavy atom. The molecule has 2 aliphatic rings. The molecule has 1 atom stereocenters. The first kappa shape index (κ1) is 14.3. The molecule has 1 saturated carbocycles. The van der Waals surface area contributed by atoms with Crippen LogP contribution in [0.2, 0.25) is 0 Å². The number of hydrogen-bond acceptors (Lipinski definition) is 3. The van der Waals surface area contributed by atoms with E-state index in [1.165, 1.54) is 19.4 Å². The molecule has 1 aliphatic heterocycles. The molecule has 2 rings (SSSR count). The van der Waals surface area contributed by atoms with Crippen molar-refractivity contribution in [2.45, 2.75) is 39.5 Å². The molecule has 4 nitrogen and oxygen atoms in total. The van der Waals surface area contributed by atoms with Crippen molar-refractivity contribution in [1.82, 2.24) is 10.2 Å². The maximum Gasteiger partial charge on any atom is 0.240 e. The Labute approximate surface area is 116 Å². The van der Waals surface area contributed by atoms with Crippen LogP contribution < -0.4 is 5.32 Å². The fraction of sp³-hybridized carbons (Fsp3) is 0.867. The summed E-state index contributed by atoms with van der Waals surface area (Å²) in [4.78, 5) is 14.4. The van der Waals surface area contributed by atoms with Crippen LogP contribution in [0.3, 0.4) is 0 Å². The van der Waals surface area contributed by atoms with Gasteiger partial charge in [0.2, 0.25) is 5.91 Å². The highest BCUT2D eigenvalue weighted by Crippen LogP contribution is 2.45. The molecule has 1 N–H and O–H groups in total. The van der Waals surface area contributed by atoms with Gasteiger partial charge in [-0.1, -0.05) is 13.8 Å². The molecule has 19 heavy (non-hydrogen) atoms. The second kappa shape index (κ2) is 5.13. The first-order valence-electron chi connectivity index (χ1n) is 7.28. The third kappa shape index (κ3) is 3.09. The fourth-order valence-electron chi connectivity index (χ4n) is 2.94. The van der Waals surface area contributed by atoms with Crippen molar-refractivity contribution in [1.29, 1.82) is 5.26 Å². The number of carbonyl (C=O) groups is 1. The molecule has 2 fully saturated rings. The molecule has 1 aliphatic carbocycles. The third-order valence-corrected chi connectivity index (χ3v) is 4.83. The Morgan fingerprint density at radius 1 is 1.53 bits per heavy atom. The van der Waals surface area contributed by atoms with Gasteiger partial charge in [-0.15, -0.1) is 0 Å². The molecule has 0 aromatic rings. The van der Waals surface area contributed by atoms with Gasteiger partial charge in [-0.25, -0.2) is 0 Å². The van der Waals surface area contributed by atoms with E-state index in [9.17, 15) is 4.79 Å². The van der Waals surface area contributed by atoms with Crippen LogP contribution in [0.4, 0.5) is 0 Å². The van der Waals surface area contributed by atoms with Crippen molar-refractivity contribution in [2.24, 2.45) is 16.7 Å². The smallest absolute Gasteiger partial charge is 0.240 e. The van der Waals surface area contributed by atoms with Crippen LogP contribution >= 0.6 is 0 Å². The van der Waals surface area contributed by atoms with Gasteiger partial charge in [-0.3, -0.25) is 4.79 Å².